The van der Waals surface area contributed by atoms with Gasteiger partial charge in [-0.05, 0) is 12.1 Å². The molecule has 0 spiro atoms. The molecule has 98 valence electrons. The molecular weight excluding hydrogens is 251 g/mol. The molecule has 7 heteroatoms. The lowest BCUT2D eigenvalue weighted by Gasteiger charge is -2.30. The van der Waals surface area contributed by atoms with Crippen LogP contribution in [0.15, 0.2) is 24.3 Å². The van der Waals surface area contributed by atoms with Crippen LogP contribution in [0.2, 0.25) is 0 Å². The molecule has 0 aliphatic carbocycles. The molecule has 1 aliphatic rings. The standard InChI is InChI=1S/C11H10F3NO3/c12-11(13,14)7-3-1-2-4-8(7)15-10(17)9(16)5-6-18-15/h1-4,9,16H,5-6H2. The summed E-state index contributed by atoms with van der Waals surface area (Å²) < 4.78 is 38.3. The van der Waals surface area contributed by atoms with Gasteiger partial charge in [0, 0.05) is 6.42 Å². The molecule has 1 fully saturated rings. The minimum absolute atomic E-state index is 0.0148. The van der Waals surface area contributed by atoms with Crippen LogP contribution in [0.25, 0.3) is 0 Å². The van der Waals surface area contributed by atoms with E-state index in [-0.39, 0.29) is 13.0 Å². The van der Waals surface area contributed by atoms with Gasteiger partial charge in [0.2, 0.25) is 0 Å². The number of hydrogen-bond acceptors (Lipinski definition) is 3. The van der Waals surface area contributed by atoms with E-state index in [4.69, 9.17) is 4.84 Å². The Morgan fingerprint density at radius 3 is 2.67 bits per heavy atom. The molecule has 0 aromatic heterocycles. The number of halogens is 3. The van der Waals surface area contributed by atoms with Gasteiger partial charge in [-0.1, -0.05) is 12.1 Å². The van der Waals surface area contributed by atoms with E-state index in [1.54, 1.807) is 0 Å². The molecule has 1 N–H and O–H groups in total. The monoisotopic (exact) mass is 261 g/mol. The number of aliphatic hydroxyl groups excluding tert-OH is 1. The Morgan fingerprint density at radius 1 is 1.33 bits per heavy atom. The number of aliphatic hydroxyl groups is 1. The highest BCUT2D eigenvalue weighted by molar-refractivity contribution is 5.95. The highest BCUT2D eigenvalue weighted by Gasteiger charge is 2.38. The second-order valence-corrected chi connectivity index (χ2v) is 3.79. The Morgan fingerprint density at radius 2 is 2.00 bits per heavy atom. The molecule has 4 nitrogen and oxygen atoms in total. The number of para-hydroxylation sites is 1. The van der Waals surface area contributed by atoms with Crippen molar-refractivity contribution in [2.45, 2.75) is 18.7 Å². The molecule has 0 saturated carbocycles. The zero-order valence-electron chi connectivity index (χ0n) is 9.15. The van der Waals surface area contributed by atoms with E-state index in [0.717, 1.165) is 12.1 Å². The minimum Gasteiger partial charge on any atom is -0.383 e. The first-order chi connectivity index (χ1) is 8.41. The third-order valence-electron chi connectivity index (χ3n) is 2.53. The Bertz CT molecular complexity index is 461. The van der Waals surface area contributed by atoms with Gasteiger partial charge in [0.15, 0.2) is 0 Å². The van der Waals surface area contributed by atoms with Crippen molar-refractivity contribution in [2.75, 3.05) is 11.7 Å². The van der Waals surface area contributed by atoms with E-state index in [1.807, 2.05) is 0 Å². The van der Waals surface area contributed by atoms with Crippen LogP contribution in [0.1, 0.15) is 12.0 Å². The lowest BCUT2D eigenvalue weighted by molar-refractivity contribution is -0.144. The third-order valence-corrected chi connectivity index (χ3v) is 2.53. The Kier molecular flexibility index (Phi) is 3.27. The van der Waals surface area contributed by atoms with Crippen molar-refractivity contribution in [3.05, 3.63) is 29.8 Å². The summed E-state index contributed by atoms with van der Waals surface area (Å²) >= 11 is 0. The smallest absolute Gasteiger partial charge is 0.383 e. The predicted octanol–water partition coefficient (Wildman–Crippen LogP) is 1.73. The number of carbonyl (C=O) groups excluding carboxylic acids is 1. The molecule has 0 bridgehead atoms. The number of hydrogen-bond donors (Lipinski definition) is 1. The van der Waals surface area contributed by atoms with Crippen LogP contribution in [0, 0.1) is 0 Å². The fraction of sp³-hybridized carbons (Fsp3) is 0.364. The number of hydroxylamine groups is 1. The first-order valence-electron chi connectivity index (χ1n) is 5.22. The maximum absolute atomic E-state index is 12.8. The summed E-state index contributed by atoms with van der Waals surface area (Å²) in [7, 11) is 0. The Balaban J connectivity index is 2.42. The number of alkyl halides is 3. The lowest BCUT2D eigenvalue weighted by atomic mass is 10.1. The number of anilines is 1. The van der Waals surface area contributed by atoms with Gasteiger partial charge in [-0.15, -0.1) is 0 Å². The van der Waals surface area contributed by atoms with Crippen LogP contribution in [0.3, 0.4) is 0 Å². The number of carbonyl (C=O) groups is 1. The van der Waals surface area contributed by atoms with Crippen LogP contribution >= 0.6 is 0 Å². The van der Waals surface area contributed by atoms with Gasteiger partial charge >= 0.3 is 6.18 Å². The predicted molar refractivity (Wildman–Crippen MR) is 55.5 cm³/mol. The maximum atomic E-state index is 12.8. The molecule has 1 saturated heterocycles. The summed E-state index contributed by atoms with van der Waals surface area (Å²) in [4.78, 5) is 16.5. The van der Waals surface area contributed by atoms with E-state index in [9.17, 15) is 23.1 Å². The summed E-state index contributed by atoms with van der Waals surface area (Å²) in [6.07, 6.45) is -5.85. The SMILES string of the molecule is O=C1C(O)CCON1c1ccccc1C(F)(F)F. The highest BCUT2D eigenvalue weighted by Crippen LogP contribution is 2.37. The van der Waals surface area contributed by atoms with Gasteiger partial charge in [0.1, 0.15) is 6.10 Å². The first kappa shape index (κ1) is 12.8. The summed E-state index contributed by atoms with van der Waals surface area (Å²) in [5.41, 5.74) is -1.39. The van der Waals surface area contributed by atoms with Crippen molar-refractivity contribution in [2.24, 2.45) is 0 Å². The number of nitrogens with zero attached hydrogens (tertiary/aromatic N) is 1. The molecule has 0 radical (unpaired) electrons. The summed E-state index contributed by atoms with van der Waals surface area (Å²) in [6.45, 7) is -0.0148. The molecule has 1 atom stereocenters. The first-order valence-corrected chi connectivity index (χ1v) is 5.22. The van der Waals surface area contributed by atoms with Crippen molar-refractivity contribution < 1.29 is 27.9 Å². The average molecular weight is 261 g/mol. The van der Waals surface area contributed by atoms with Crippen molar-refractivity contribution in [3.63, 3.8) is 0 Å². The molecule has 1 aliphatic heterocycles. The number of benzene rings is 1. The average Bonchev–Trinajstić information content (AvgIpc) is 2.32. The molecule has 1 aromatic rings. The molecule has 1 unspecified atom stereocenters. The Labute approximate surface area is 101 Å². The molecule has 2 rings (SSSR count). The Hall–Kier alpha value is -1.60. The van der Waals surface area contributed by atoms with Gasteiger partial charge in [-0.2, -0.15) is 18.2 Å². The normalized spacial score (nSPS) is 21.2. The van der Waals surface area contributed by atoms with Crippen molar-refractivity contribution >= 4 is 11.6 Å². The second-order valence-electron chi connectivity index (χ2n) is 3.79. The third kappa shape index (κ3) is 2.32. The van der Waals surface area contributed by atoms with Gasteiger partial charge in [0.05, 0.1) is 17.9 Å². The fourth-order valence-electron chi connectivity index (χ4n) is 1.66. The number of amides is 1. The van der Waals surface area contributed by atoms with E-state index in [0.29, 0.717) is 5.06 Å². The van der Waals surface area contributed by atoms with Gasteiger partial charge in [0.25, 0.3) is 5.91 Å². The largest absolute Gasteiger partial charge is 0.418 e. The van der Waals surface area contributed by atoms with Gasteiger partial charge in [-0.3, -0.25) is 9.63 Å². The van der Waals surface area contributed by atoms with E-state index in [1.165, 1.54) is 12.1 Å². The number of rotatable bonds is 1. The van der Waals surface area contributed by atoms with E-state index < -0.39 is 29.4 Å². The van der Waals surface area contributed by atoms with Crippen LogP contribution in [-0.2, 0) is 15.8 Å². The second kappa shape index (κ2) is 4.58. The summed E-state index contributed by atoms with van der Waals surface area (Å²) in [5, 5.41) is 9.86. The zero-order valence-corrected chi connectivity index (χ0v) is 9.15. The molecular formula is C11H10F3NO3. The molecule has 1 amide bonds. The fourth-order valence-corrected chi connectivity index (χ4v) is 1.66. The van der Waals surface area contributed by atoms with Crippen LogP contribution < -0.4 is 5.06 Å². The molecule has 1 aromatic carbocycles. The van der Waals surface area contributed by atoms with Crippen LogP contribution in [0.5, 0.6) is 0 Å². The topological polar surface area (TPSA) is 49.8 Å². The minimum atomic E-state index is -4.59. The summed E-state index contributed by atoms with van der Waals surface area (Å²) in [6, 6.07) is 4.56. The van der Waals surface area contributed by atoms with E-state index >= 15 is 0 Å². The van der Waals surface area contributed by atoms with Gasteiger partial charge in [-0.25, -0.2) is 0 Å². The van der Waals surface area contributed by atoms with Crippen LogP contribution in [-0.4, -0.2) is 23.7 Å². The van der Waals surface area contributed by atoms with E-state index in [2.05, 4.69) is 0 Å². The highest BCUT2D eigenvalue weighted by atomic mass is 19.4. The molecule has 18 heavy (non-hydrogen) atoms. The summed E-state index contributed by atoms with van der Waals surface area (Å²) in [5.74, 6) is -0.891. The van der Waals surface area contributed by atoms with Crippen molar-refractivity contribution in [1.82, 2.24) is 0 Å². The zero-order chi connectivity index (χ0) is 13.3. The van der Waals surface area contributed by atoms with Crippen molar-refractivity contribution in [1.29, 1.82) is 0 Å². The lowest BCUT2D eigenvalue weighted by Crippen LogP contribution is -2.45. The van der Waals surface area contributed by atoms with Gasteiger partial charge < -0.3 is 5.11 Å². The maximum Gasteiger partial charge on any atom is 0.418 e. The van der Waals surface area contributed by atoms with Crippen LogP contribution in [0.4, 0.5) is 18.9 Å². The van der Waals surface area contributed by atoms with Crippen molar-refractivity contribution in [3.8, 4) is 0 Å². The quantitative estimate of drug-likeness (QED) is 0.837. The molecule has 1 heterocycles.